The highest BCUT2D eigenvalue weighted by atomic mass is 16.2. The summed E-state index contributed by atoms with van der Waals surface area (Å²) >= 11 is 0. The van der Waals surface area contributed by atoms with E-state index < -0.39 is 0 Å². The number of hydrogen-bond donors (Lipinski definition) is 2. The minimum atomic E-state index is -0.283. The molecule has 6 heteroatoms. The van der Waals surface area contributed by atoms with Gasteiger partial charge in [-0.15, -0.1) is 0 Å². The molecule has 0 aromatic carbocycles. The zero-order chi connectivity index (χ0) is 11.8. The quantitative estimate of drug-likeness (QED) is 0.589. The Balaban J connectivity index is 2.05. The van der Waals surface area contributed by atoms with Gasteiger partial charge in [0.1, 0.15) is 11.5 Å². The van der Waals surface area contributed by atoms with Crippen LogP contribution in [-0.2, 0) is 9.59 Å². The maximum atomic E-state index is 12.3. The second-order valence-electron chi connectivity index (χ2n) is 4.10. The molecular weight excluding hydrogens is 220 g/mol. The van der Waals surface area contributed by atoms with E-state index in [4.69, 9.17) is 0 Å². The minimum Gasteiger partial charge on any atom is -0.371 e. The summed E-state index contributed by atoms with van der Waals surface area (Å²) in [4.78, 5) is 29.6. The zero-order valence-corrected chi connectivity index (χ0v) is 9.19. The molecule has 2 N–H and O–H groups in total. The van der Waals surface area contributed by atoms with E-state index in [0.717, 1.165) is 13.0 Å². The predicted octanol–water partition coefficient (Wildman–Crippen LogP) is -0.534. The lowest BCUT2D eigenvalue weighted by atomic mass is 10.1. The molecule has 0 aromatic rings. The van der Waals surface area contributed by atoms with Crippen LogP contribution in [0.1, 0.15) is 12.8 Å². The first-order valence-corrected chi connectivity index (χ1v) is 5.59. The molecule has 0 spiro atoms. The molecule has 0 saturated carbocycles. The van der Waals surface area contributed by atoms with E-state index in [1.807, 2.05) is 0 Å². The molecule has 0 aromatic heterocycles. The normalized spacial score (nSPS) is 23.3. The fraction of sp³-hybridized carbons (Fsp3) is 0.364. The maximum absolute atomic E-state index is 12.3. The Morgan fingerprint density at radius 2 is 2.24 bits per heavy atom. The SMILES string of the molecule is O=C1NC2=C(CCCN2)C(=O)N2CC=NC=C12. The number of fused-ring (bicyclic) bond motifs is 1. The third-order valence-corrected chi connectivity index (χ3v) is 3.04. The van der Waals surface area contributed by atoms with E-state index in [1.54, 1.807) is 6.21 Å². The van der Waals surface area contributed by atoms with E-state index in [0.29, 0.717) is 30.1 Å². The number of rotatable bonds is 0. The van der Waals surface area contributed by atoms with Gasteiger partial charge in [-0.3, -0.25) is 19.5 Å². The van der Waals surface area contributed by atoms with Crippen LogP contribution in [0.4, 0.5) is 0 Å². The van der Waals surface area contributed by atoms with Crippen molar-refractivity contribution in [3.63, 3.8) is 0 Å². The van der Waals surface area contributed by atoms with Crippen LogP contribution in [0.25, 0.3) is 0 Å². The Kier molecular flexibility index (Phi) is 2.21. The largest absolute Gasteiger partial charge is 0.371 e. The monoisotopic (exact) mass is 232 g/mol. The Morgan fingerprint density at radius 1 is 1.35 bits per heavy atom. The highest BCUT2D eigenvalue weighted by Crippen LogP contribution is 2.23. The molecule has 6 nitrogen and oxygen atoms in total. The van der Waals surface area contributed by atoms with Crippen molar-refractivity contribution in [2.24, 2.45) is 4.99 Å². The highest BCUT2D eigenvalue weighted by molar-refractivity contribution is 6.07. The molecule has 3 rings (SSSR count). The first-order valence-electron chi connectivity index (χ1n) is 5.59. The number of hydrogen-bond acceptors (Lipinski definition) is 4. The first kappa shape index (κ1) is 10.1. The lowest BCUT2D eigenvalue weighted by molar-refractivity contribution is -0.128. The van der Waals surface area contributed by atoms with Crippen molar-refractivity contribution in [3.05, 3.63) is 23.3 Å². The van der Waals surface area contributed by atoms with Gasteiger partial charge in [-0.2, -0.15) is 0 Å². The van der Waals surface area contributed by atoms with Crippen molar-refractivity contribution < 1.29 is 9.59 Å². The summed E-state index contributed by atoms with van der Waals surface area (Å²) in [6, 6.07) is 0. The van der Waals surface area contributed by atoms with Crippen molar-refractivity contribution in [2.45, 2.75) is 12.8 Å². The Hall–Kier alpha value is -2.11. The van der Waals surface area contributed by atoms with Crippen LogP contribution >= 0.6 is 0 Å². The summed E-state index contributed by atoms with van der Waals surface area (Å²) in [5.41, 5.74) is 0.969. The van der Waals surface area contributed by atoms with Gasteiger partial charge in [0.25, 0.3) is 11.8 Å². The van der Waals surface area contributed by atoms with E-state index >= 15 is 0 Å². The molecule has 3 heterocycles. The van der Waals surface area contributed by atoms with Crippen molar-refractivity contribution in [3.8, 4) is 0 Å². The topological polar surface area (TPSA) is 73.8 Å². The molecule has 0 aliphatic carbocycles. The second-order valence-corrected chi connectivity index (χ2v) is 4.10. The van der Waals surface area contributed by atoms with Gasteiger partial charge in [0.2, 0.25) is 0 Å². The molecule has 0 bridgehead atoms. The summed E-state index contributed by atoms with van der Waals surface area (Å²) in [6.45, 7) is 1.14. The Labute approximate surface area is 98.1 Å². The standard InChI is InChI=1S/C11H12N4O2/c16-10-8-6-12-4-5-15(8)11(17)7-2-1-3-13-9(7)14-10/h4,6,13H,1-3,5H2,(H,14,16). The molecule has 2 amide bonds. The molecule has 17 heavy (non-hydrogen) atoms. The zero-order valence-electron chi connectivity index (χ0n) is 9.19. The predicted molar refractivity (Wildman–Crippen MR) is 60.7 cm³/mol. The van der Waals surface area contributed by atoms with E-state index in [1.165, 1.54) is 11.1 Å². The summed E-state index contributed by atoms with van der Waals surface area (Å²) in [5, 5.41) is 5.80. The van der Waals surface area contributed by atoms with Gasteiger partial charge in [-0.25, -0.2) is 0 Å². The van der Waals surface area contributed by atoms with Gasteiger partial charge < -0.3 is 10.6 Å². The number of aliphatic imine (C=N–C) groups is 1. The van der Waals surface area contributed by atoms with E-state index in [9.17, 15) is 9.59 Å². The average Bonchev–Trinajstić information content (AvgIpc) is 2.48. The maximum Gasteiger partial charge on any atom is 0.275 e. The number of amides is 2. The van der Waals surface area contributed by atoms with Gasteiger partial charge in [0.05, 0.1) is 18.3 Å². The Bertz CT molecular complexity index is 490. The third kappa shape index (κ3) is 1.52. The number of carbonyl (C=O) groups excluding carboxylic acids is 2. The van der Waals surface area contributed by atoms with Gasteiger partial charge in [-0.05, 0) is 12.8 Å². The number of carbonyl (C=O) groups is 2. The summed E-state index contributed by atoms with van der Waals surface area (Å²) in [6.07, 6.45) is 4.65. The molecule has 0 atom stereocenters. The van der Waals surface area contributed by atoms with Crippen molar-refractivity contribution in [1.29, 1.82) is 0 Å². The fourth-order valence-electron chi connectivity index (χ4n) is 2.18. The third-order valence-electron chi connectivity index (χ3n) is 3.04. The van der Waals surface area contributed by atoms with Crippen LogP contribution in [0, 0.1) is 0 Å². The summed E-state index contributed by atoms with van der Waals surface area (Å²) in [7, 11) is 0. The highest BCUT2D eigenvalue weighted by Gasteiger charge is 2.34. The van der Waals surface area contributed by atoms with Crippen molar-refractivity contribution in [2.75, 3.05) is 13.1 Å². The van der Waals surface area contributed by atoms with Crippen LogP contribution in [0.3, 0.4) is 0 Å². The lowest BCUT2D eigenvalue weighted by Gasteiger charge is -2.23. The van der Waals surface area contributed by atoms with Crippen molar-refractivity contribution in [1.82, 2.24) is 15.5 Å². The average molecular weight is 232 g/mol. The fourth-order valence-corrected chi connectivity index (χ4v) is 2.18. The smallest absolute Gasteiger partial charge is 0.275 e. The first-order chi connectivity index (χ1) is 8.27. The molecule has 0 radical (unpaired) electrons. The summed E-state index contributed by atoms with van der Waals surface area (Å²) < 4.78 is 0. The molecule has 3 aliphatic heterocycles. The van der Waals surface area contributed by atoms with Crippen LogP contribution < -0.4 is 10.6 Å². The molecule has 0 unspecified atom stereocenters. The van der Waals surface area contributed by atoms with Crippen LogP contribution in [0.2, 0.25) is 0 Å². The van der Waals surface area contributed by atoms with Crippen LogP contribution in [0.15, 0.2) is 28.3 Å². The van der Waals surface area contributed by atoms with Gasteiger partial charge in [-0.1, -0.05) is 0 Å². The molecular formula is C11H12N4O2. The van der Waals surface area contributed by atoms with Gasteiger partial charge in [0.15, 0.2) is 0 Å². The Morgan fingerprint density at radius 3 is 3.12 bits per heavy atom. The van der Waals surface area contributed by atoms with Crippen LogP contribution in [0.5, 0.6) is 0 Å². The van der Waals surface area contributed by atoms with E-state index in [2.05, 4.69) is 15.6 Å². The van der Waals surface area contributed by atoms with Crippen LogP contribution in [-0.4, -0.2) is 36.0 Å². The van der Waals surface area contributed by atoms with E-state index in [-0.39, 0.29) is 11.8 Å². The second kappa shape index (κ2) is 3.73. The minimum absolute atomic E-state index is 0.108. The number of nitrogens with zero attached hydrogens (tertiary/aromatic N) is 2. The molecule has 88 valence electrons. The molecule has 0 fully saturated rings. The van der Waals surface area contributed by atoms with Gasteiger partial charge in [0, 0.05) is 12.8 Å². The summed E-state index contributed by atoms with van der Waals surface area (Å²) in [5.74, 6) is 0.166. The molecule has 0 saturated heterocycles. The lowest BCUT2D eigenvalue weighted by Crippen LogP contribution is -2.37. The molecule has 3 aliphatic rings. The van der Waals surface area contributed by atoms with Gasteiger partial charge >= 0.3 is 0 Å². The van der Waals surface area contributed by atoms with Crippen molar-refractivity contribution >= 4 is 18.0 Å². The number of nitrogens with one attached hydrogen (secondary N) is 2.